The molecule has 0 saturated carbocycles. The summed E-state index contributed by atoms with van der Waals surface area (Å²) in [6.45, 7) is 13.0. The highest BCUT2D eigenvalue weighted by atomic mass is 28.4. The van der Waals surface area contributed by atoms with Crippen molar-refractivity contribution in [1.82, 2.24) is 0 Å². The third-order valence-corrected chi connectivity index (χ3v) is 11.0. The highest BCUT2D eigenvalue weighted by Crippen LogP contribution is 2.36. The van der Waals surface area contributed by atoms with Crippen molar-refractivity contribution in [2.24, 2.45) is 0 Å². The second-order valence-corrected chi connectivity index (χ2v) is 15.1. The summed E-state index contributed by atoms with van der Waals surface area (Å²) in [5, 5.41) is 9.08. The number of unbranched alkanes of at least 4 members (excludes halogenated alkanes) is 14. The van der Waals surface area contributed by atoms with E-state index in [4.69, 9.17) is 9.53 Å². The summed E-state index contributed by atoms with van der Waals surface area (Å²) in [6.07, 6.45) is 25.7. The third kappa shape index (κ3) is 18.4. The second-order valence-electron chi connectivity index (χ2n) is 10.3. The highest BCUT2D eigenvalue weighted by Gasteiger charge is 2.36. The molecule has 0 atom stereocenters. The molecule has 0 rings (SSSR count). The van der Waals surface area contributed by atoms with Crippen molar-refractivity contribution in [2.45, 2.75) is 142 Å². The van der Waals surface area contributed by atoms with Gasteiger partial charge in [-0.2, -0.15) is 0 Å². The van der Waals surface area contributed by atoms with E-state index in [1.807, 2.05) is 0 Å². The number of rotatable bonds is 20. The summed E-state index contributed by atoms with van der Waals surface area (Å²) in [5.41, 5.74) is 0. The minimum absolute atomic E-state index is 0.337. The van der Waals surface area contributed by atoms with Gasteiger partial charge < -0.3 is 9.53 Å². The topological polar surface area (TPSA) is 29.5 Å². The summed E-state index contributed by atoms with van der Waals surface area (Å²) in [7, 11) is -1.53. The van der Waals surface area contributed by atoms with Crippen LogP contribution < -0.4 is 0 Å². The highest BCUT2D eigenvalue weighted by molar-refractivity contribution is 6.74. The standard InChI is InChI=1S/C26H54O2Si/c1-26(2,3)29(4,5)28-25-23-21-19-17-15-13-11-9-7-6-8-10-12-14-16-18-20-22-24-27/h8,10,27H,6-7,9,11-25H2,1-5H3/b10-8-. The first-order valence-electron chi connectivity index (χ1n) is 12.7. The normalized spacial score (nSPS) is 12.9. The molecule has 174 valence electrons. The lowest BCUT2D eigenvalue weighted by Crippen LogP contribution is -2.40. The number of aliphatic hydroxyl groups is 1. The zero-order valence-corrected chi connectivity index (χ0v) is 21.7. The zero-order valence-electron chi connectivity index (χ0n) is 20.7. The van der Waals surface area contributed by atoms with Gasteiger partial charge in [0.2, 0.25) is 0 Å². The lowest BCUT2D eigenvalue weighted by atomic mass is 10.1. The molecule has 0 aromatic heterocycles. The molecule has 0 radical (unpaired) electrons. The van der Waals surface area contributed by atoms with Crippen LogP contribution in [0.3, 0.4) is 0 Å². The molecule has 0 fully saturated rings. The van der Waals surface area contributed by atoms with E-state index in [2.05, 4.69) is 46.0 Å². The maximum Gasteiger partial charge on any atom is 0.191 e. The number of allylic oxidation sites excluding steroid dienone is 2. The largest absolute Gasteiger partial charge is 0.417 e. The SMILES string of the molecule is CC(C)(C)[Si](C)(C)OCCCCCCCCCCC/C=C\CCCCCCCO. The Morgan fingerprint density at radius 3 is 1.41 bits per heavy atom. The van der Waals surface area contributed by atoms with Gasteiger partial charge in [-0.25, -0.2) is 0 Å². The quantitative estimate of drug-likeness (QED) is 0.120. The predicted octanol–water partition coefficient (Wildman–Crippen LogP) is 8.80. The first kappa shape index (κ1) is 28.9. The van der Waals surface area contributed by atoms with Gasteiger partial charge in [-0.3, -0.25) is 0 Å². The molecule has 0 aliphatic carbocycles. The molecule has 0 heterocycles. The van der Waals surface area contributed by atoms with Crippen LogP contribution in [0.2, 0.25) is 18.1 Å². The smallest absolute Gasteiger partial charge is 0.191 e. The van der Waals surface area contributed by atoms with Gasteiger partial charge in [0.25, 0.3) is 0 Å². The van der Waals surface area contributed by atoms with Crippen LogP contribution in [-0.2, 0) is 4.43 Å². The van der Waals surface area contributed by atoms with E-state index >= 15 is 0 Å². The molecule has 0 amide bonds. The molecular weight excluding hydrogens is 372 g/mol. The Morgan fingerprint density at radius 1 is 0.621 bits per heavy atom. The molecule has 0 aromatic carbocycles. The first-order valence-corrected chi connectivity index (χ1v) is 15.6. The predicted molar refractivity (Wildman–Crippen MR) is 133 cm³/mol. The van der Waals surface area contributed by atoms with Crippen LogP contribution in [0.4, 0.5) is 0 Å². The molecule has 29 heavy (non-hydrogen) atoms. The lowest BCUT2D eigenvalue weighted by Gasteiger charge is -2.36. The summed E-state index contributed by atoms with van der Waals surface area (Å²) in [6, 6.07) is 0. The Kier molecular flexibility index (Phi) is 18.6. The van der Waals surface area contributed by atoms with Crippen molar-refractivity contribution in [2.75, 3.05) is 13.2 Å². The van der Waals surface area contributed by atoms with E-state index < -0.39 is 8.32 Å². The number of aliphatic hydroxyl groups excluding tert-OH is 1. The van der Waals surface area contributed by atoms with Crippen LogP contribution in [0.15, 0.2) is 12.2 Å². The van der Waals surface area contributed by atoms with Crippen molar-refractivity contribution >= 4 is 8.32 Å². The molecule has 2 nitrogen and oxygen atoms in total. The third-order valence-electron chi connectivity index (χ3n) is 6.48. The first-order chi connectivity index (χ1) is 13.8. The van der Waals surface area contributed by atoms with Crippen molar-refractivity contribution < 1.29 is 9.53 Å². The molecule has 0 aliphatic heterocycles. The number of hydrogen-bond donors (Lipinski definition) is 1. The van der Waals surface area contributed by atoms with Crippen LogP contribution in [0.1, 0.15) is 124 Å². The molecule has 0 aromatic rings. The van der Waals surface area contributed by atoms with Crippen molar-refractivity contribution in [3.8, 4) is 0 Å². The average Bonchev–Trinajstić information content (AvgIpc) is 2.65. The summed E-state index contributed by atoms with van der Waals surface area (Å²) < 4.78 is 6.25. The van der Waals surface area contributed by atoms with E-state index in [-0.39, 0.29) is 0 Å². The van der Waals surface area contributed by atoms with Crippen LogP contribution in [0.25, 0.3) is 0 Å². The fraction of sp³-hybridized carbons (Fsp3) is 0.923. The van der Waals surface area contributed by atoms with Gasteiger partial charge in [0.1, 0.15) is 0 Å². The van der Waals surface area contributed by atoms with Crippen LogP contribution >= 0.6 is 0 Å². The van der Waals surface area contributed by atoms with E-state index in [0.29, 0.717) is 11.6 Å². The monoisotopic (exact) mass is 426 g/mol. The van der Waals surface area contributed by atoms with Crippen molar-refractivity contribution in [3.05, 3.63) is 12.2 Å². The molecule has 0 bridgehead atoms. The number of hydrogen-bond acceptors (Lipinski definition) is 2. The Hall–Kier alpha value is -0.123. The van der Waals surface area contributed by atoms with Gasteiger partial charge in [-0.05, 0) is 56.7 Å². The zero-order chi connectivity index (χ0) is 21.8. The van der Waals surface area contributed by atoms with Gasteiger partial charge in [0.15, 0.2) is 8.32 Å². The van der Waals surface area contributed by atoms with Crippen molar-refractivity contribution in [3.63, 3.8) is 0 Å². The molecule has 0 aliphatic rings. The van der Waals surface area contributed by atoms with Gasteiger partial charge in [0.05, 0.1) is 0 Å². The Balaban J connectivity index is 3.25. The van der Waals surface area contributed by atoms with E-state index in [1.165, 1.54) is 96.3 Å². The Morgan fingerprint density at radius 2 is 1.00 bits per heavy atom. The lowest BCUT2D eigenvalue weighted by molar-refractivity contribution is 0.277. The van der Waals surface area contributed by atoms with Crippen LogP contribution in [0.5, 0.6) is 0 Å². The van der Waals surface area contributed by atoms with Gasteiger partial charge in [-0.15, -0.1) is 0 Å². The fourth-order valence-electron chi connectivity index (χ4n) is 3.29. The molecule has 0 unspecified atom stereocenters. The van der Waals surface area contributed by atoms with Crippen LogP contribution in [-0.4, -0.2) is 26.6 Å². The maximum absolute atomic E-state index is 8.74. The summed E-state index contributed by atoms with van der Waals surface area (Å²) in [4.78, 5) is 0. The average molecular weight is 427 g/mol. The van der Waals surface area contributed by atoms with Crippen molar-refractivity contribution in [1.29, 1.82) is 0 Å². The summed E-state index contributed by atoms with van der Waals surface area (Å²) in [5.74, 6) is 0. The van der Waals surface area contributed by atoms with Crippen LogP contribution in [0, 0.1) is 0 Å². The minimum atomic E-state index is -1.53. The molecule has 0 saturated heterocycles. The Labute approximate surface area is 185 Å². The van der Waals surface area contributed by atoms with Gasteiger partial charge >= 0.3 is 0 Å². The molecule has 3 heteroatoms. The van der Waals surface area contributed by atoms with E-state index in [1.54, 1.807) is 0 Å². The van der Waals surface area contributed by atoms with Gasteiger partial charge in [0, 0.05) is 13.2 Å². The maximum atomic E-state index is 8.74. The minimum Gasteiger partial charge on any atom is -0.417 e. The second kappa shape index (κ2) is 18.6. The fourth-order valence-corrected chi connectivity index (χ4v) is 4.37. The molecule has 1 N–H and O–H groups in total. The molecule has 0 spiro atoms. The van der Waals surface area contributed by atoms with Gasteiger partial charge in [-0.1, -0.05) is 97.1 Å². The van der Waals surface area contributed by atoms with E-state index in [9.17, 15) is 0 Å². The van der Waals surface area contributed by atoms with E-state index in [0.717, 1.165) is 13.0 Å². The summed E-state index contributed by atoms with van der Waals surface area (Å²) >= 11 is 0. The molecular formula is C26H54O2Si. The Bertz CT molecular complexity index is 371.